The van der Waals surface area contributed by atoms with Crippen molar-refractivity contribution in [3.05, 3.63) is 89.4 Å². The van der Waals surface area contributed by atoms with Crippen LogP contribution in [0.4, 0.5) is 15.9 Å². The molecule has 7 heteroatoms. The molecule has 0 unspecified atom stereocenters. The third-order valence-corrected chi connectivity index (χ3v) is 4.22. The number of anilines is 2. The molecule has 0 atom stereocenters. The summed E-state index contributed by atoms with van der Waals surface area (Å²) < 4.78 is 18.3. The van der Waals surface area contributed by atoms with Gasteiger partial charge in [0.05, 0.1) is 12.7 Å². The summed E-state index contributed by atoms with van der Waals surface area (Å²) >= 11 is 0. The molecule has 1 aromatic heterocycles. The molecule has 148 valence electrons. The average Bonchev–Trinajstić information content (AvgIpc) is 2.75. The highest BCUT2D eigenvalue weighted by Crippen LogP contribution is 2.17. The van der Waals surface area contributed by atoms with Crippen molar-refractivity contribution < 1.29 is 18.7 Å². The number of amides is 1. The van der Waals surface area contributed by atoms with Crippen molar-refractivity contribution >= 4 is 23.4 Å². The lowest BCUT2D eigenvalue weighted by molar-refractivity contribution is 0.0600. The third-order valence-electron chi connectivity index (χ3n) is 4.22. The Morgan fingerprint density at radius 2 is 1.86 bits per heavy atom. The quantitative estimate of drug-likeness (QED) is 0.598. The summed E-state index contributed by atoms with van der Waals surface area (Å²) in [6, 6.07) is 16.4. The lowest BCUT2D eigenvalue weighted by atomic mass is 10.1. The predicted molar refractivity (Wildman–Crippen MR) is 108 cm³/mol. The zero-order valence-electron chi connectivity index (χ0n) is 15.8. The second-order valence-electron chi connectivity index (χ2n) is 6.22. The number of halogens is 1. The van der Waals surface area contributed by atoms with Crippen LogP contribution in [0.15, 0.2) is 66.9 Å². The first-order valence-corrected chi connectivity index (χ1v) is 9.00. The van der Waals surface area contributed by atoms with Crippen molar-refractivity contribution in [3.8, 4) is 0 Å². The van der Waals surface area contributed by atoms with Crippen LogP contribution in [0.2, 0.25) is 0 Å². The SMILES string of the molecule is COC(=O)c1cccc(Nc2cc(C(=O)NCCc3ccccc3F)ccn2)c1. The van der Waals surface area contributed by atoms with E-state index in [4.69, 9.17) is 4.74 Å². The zero-order chi connectivity index (χ0) is 20.6. The van der Waals surface area contributed by atoms with E-state index in [1.54, 1.807) is 54.6 Å². The molecule has 0 saturated heterocycles. The number of aromatic nitrogens is 1. The predicted octanol–water partition coefficient (Wildman–Crippen LogP) is 3.72. The molecule has 0 fully saturated rings. The minimum atomic E-state index is -0.440. The number of ether oxygens (including phenoxy) is 1. The molecule has 0 aliphatic heterocycles. The molecule has 2 N–H and O–H groups in total. The molecule has 6 nitrogen and oxygen atoms in total. The van der Waals surface area contributed by atoms with E-state index in [-0.39, 0.29) is 11.7 Å². The first-order valence-electron chi connectivity index (χ1n) is 9.00. The number of esters is 1. The van der Waals surface area contributed by atoms with Crippen LogP contribution in [0.1, 0.15) is 26.3 Å². The van der Waals surface area contributed by atoms with E-state index in [1.807, 2.05) is 0 Å². The van der Waals surface area contributed by atoms with Gasteiger partial charge >= 0.3 is 5.97 Å². The number of carbonyl (C=O) groups excluding carboxylic acids is 2. The summed E-state index contributed by atoms with van der Waals surface area (Å²) in [6.45, 7) is 0.312. The molecule has 0 saturated carbocycles. The molecule has 0 radical (unpaired) electrons. The molecule has 0 bridgehead atoms. The van der Waals surface area contributed by atoms with Crippen LogP contribution in [-0.4, -0.2) is 30.5 Å². The molecular weight excluding hydrogens is 373 g/mol. The minimum absolute atomic E-state index is 0.282. The summed E-state index contributed by atoms with van der Waals surface area (Å²) in [5.41, 5.74) is 2.01. The molecular formula is C22H20FN3O3. The molecule has 0 spiro atoms. The zero-order valence-corrected chi connectivity index (χ0v) is 15.8. The van der Waals surface area contributed by atoms with Crippen LogP contribution in [0.5, 0.6) is 0 Å². The van der Waals surface area contributed by atoms with Gasteiger partial charge in [-0.05, 0) is 48.4 Å². The van der Waals surface area contributed by atoms with Gasteiger partial charge in [-0.3, -0.25) is 4.79 Å². The largest absolute Gasteiger partial charge is 0.465 e. The summed E-state index contributed by atoms with van der Waals surface area (Å²) in [4.78, 5) is 28.2. The molecule has 2 aromatic carbocycles. The van der Waals surface area contributed by atoms with Gasteiger partial charge < -0.3 is 15.4 Å². The van der Waals surface area contributed by atoms with Gasteiger partial charge in [0.25, 0.3) is 5.91 Å². The van der Waals surface area contributed by atoms with Crippen LogP contribution in [-0.2, 0) is 11.2 Å². The highest BCUT2D eigenvalue weighted by Gasteiger charge is 2.09. The molecule has 3 rings (SSSR count). The highest BCUT2D eigenvalue weighted by molar-refractivity contribution is 5.95. The van der Waals surface area contributed by atoms with Gasteiger partial charge in [0.15, 0.2) is 0 Å². The maximum atomic E-state index is 13.6. The second-order valence-corrected chi connectivity index (χ2v) is 6.22. The van der Waals surface area contributed by atoms with E-state index >= 15 is 0 Å². The van der Waals surface area contributed by atoms with E-state index in [0.29, 0.717) is 41.2 Å². The Labute approximate surface area is 167 Å². The maximum absolute atomic E-state index is 13.6. The monoisotopic (exact) mass is 393 g/mol. The van der Waals surface area contributed by atoms with Gasteiger partial charge in [0.1, 0.15) is 11.6 Å². The summed E-state index contributed by atoms with van der Waals surface area (Å²) in [7, 11) is 1.32. The standard InChI is InChI=1S/C22H20FN3O3/c1-29-22(28)17-6-4-7-18(13-17)26-20-14-16(10-11-24-20)21(27)25-12-9-15-5-2-3-8-19(15)23/h2-8,10-11,13-14H,9,12H2,1H3,(H,24,26)(H,25,27). The number of pyridine rings is 1. The number of nitrogens with zero attached hydrogens (tertiary/aromatic N) is 1. The van der Waals surface area contributed by atoms with E-state index in [2.05, 4.69) is 15.6 Å². The van der Waals surface area contributed by atoms with Crippen molar-refractivity contribution in [1.82, 2.24) is 10.3 Å². The van der Waals surface area contributed by atoms with E-state index in [1.165, 1.54) is 19.4 Å². The summed E-state index contributed by atoms with van der Waals surface area (Å²) in [5.74, 6) is -0.556. The first-order chi connectivity index (χ1) is 14.1. The first kappa shape index (κ1) is 20.0. The van der Waals surface area contributed by atoms with Crippen LogP contribution < -0.4 is 10.6 Å². The smallest absolute Gasteiger partial charge is 0.337 e. The Hall–Kier alpha value is -3.74. The number of hydrogen-bond acceptors (Lipinski definition) is 5. The molecule has 0 aliphatic rings. The van der Waals surface area contributed by atoms with Crippen LogP contribution >= 0.6 is 0 Å². The topological polar surface area (TPSA) is 80.3 Å². The Bertz CT molecular complexity index is 1020. The van der Waals surface area contributed by atoms with Crippen molar-refractivity contribution in [2.24, 2.45) is 0 Å². The number of hydrogen-bond donors (Lipinski definition) is 2. The molecule has 1 heterocycles. The second kappa shape index (κ2) is 9.45. The fraction of sp³-hybridized carbons (Fsp3) is 0.136. The highest BCUT2D eigenvalue weighted by atomic mass is 19.1. The van der Waals surface area contributed by atoms with Crippen LogP contribution in [0.3, 0.4) is 0 Å². The van der Waals surface area contributed by atoms with E-state index in [0.717, 1.165) is 0 Å². The number of methoxy groups -OCH3 is 1. The molecule has 0 aliphatic carbocycles. The molecule has 29 heavy (non-hydrogen) atoms. The van der Waals surface area contributed by atoms with E-state index < -0.39 is 5.97 Å². The Kier molecular flexibility index (Phi) is 6.52. The van der Waals surface area contributed by atoms with Gasteiger partial charge in [0, 0.05) is 24.0 Å². The Morgan fingerprint density at radius 1 is 1.03 bits per heavy atom. The molecule has 3 aromatic rings. The number of rotatable bonds is 7. The van der Waals surface area contributed by atoms with Gasteiger partial charge in [0.2, 0.25) is 0 Å². The minimum Gasteiger partial charge on any atom is -0.465 e. The normalized spacial score (nSPS) is 10.3. The van der Waals surface area contributed by atoms with Gasteiger partial charge in [-0.25, -0.2) is 14.2 Å². The maximum Gasteiger partial charge on any atom is 0.337 e. The van der Waals surface area contributed by atoms with Gasteiger partial charge in [-0.15, -0.1) is 0 Å². The Balaban J connectivity index is 1.62. The van der Waals surface area contributed by atoms with Crippen molar-refractivity contribution in [1.29, 1.82) is 0 Å². The fourth-order valence-electron chi connectivity index (χ4n) is 2.74. The van der Waals surface area contributed by atoms with Crippen LogP contribution in [0, 0.1) is 5.82 Å². The number of carbonyl (C=O) groups is 2. The summed E-state index contributed by atoms with van der Waals surface area (Å²) in [6.07, 6.45) is 1.91. The Morgan fingerprint density at radius 3 is 2.66 bits per heavy atom. The van der Waals surface area contributed by atoms with E-state index in [9.17, 15) is 14.0 Å². The van der Waals surface area contributed by atoms with Gasteiger partial charge in [-0.2, -0.15) is 0 Å². The van der Waals surface area contributed by atoms with Crippen LogP contribution in [0.25, 0.3) is 0 Å². The lowest BCUT2D eigenvalue weighted by Crippen LogP contribution is -2.26. The molecule has 1 amide bonds. The third kappa shape index (κ3) is 5.38. The fourth-order valence-corrected chi connectivity index (χ4v) is 2.74. The summed E-state index contributed by atoms with van der Waals surface area (Å²) in [5, 5.41) is 5.83. The number of nitrogens with one attached hydrogen (secondary N) is 2. The van der Waals surface area contributed by atoms with Crippen molar-refractivity contribution in [3.63, 3.8) is 0 Å². The average molecular weight is 393 g/mol. The van der Waals surface area contributed by atoms with Crippen molar-refractivity contribution in [2.45, 2.75) is 6.42 Å². The van der Waals surface area contributed by atoms with Gasteiger partial charge in [-0.1, -0.05) is 24.3 Å². The lowest BCUT2D eigenvalue weighted by Gasteiger charge is -2.09. The number of benzene rings is 2. The van der Waals surface area contributed by atoms with Crippen molar-refractivity contribution in [2.75, 3.05) is 19.0 Å².